The molecule has 0 aliphatic carbocycles. The molecule has 0 aliphatic heterocycles. The van der Waals surface area contributed by atoms with Crippen LogP contribution in [-0.2, 0) is 0 Å². The van der Waals surface area contributed by atoms with Crippen LogP contribution in [0.3, 0.4) is 0 Å². The van der Waals surface area contributed by atoms with Crippen molar-refractivity contribution in [2.45, 2.75) is 0 Å². The van der Waals surface area contributed by atoms with Crippen LogP contribution in [0, 0.1) is 0 Å². The lowest BCUT2D eigenvalue weighted by molar-refractivity contribution is 0.218. The van der Waals surface area contributed by atoms with E-state index in [-0.39, 0.29) is 6.03 Å². The Morgan fingerprint density at radius 3 is 1.75 bits per heavy atom. The molecule has 20 heavy (non-hydrogen) atoms. The summed E-state index contributed by atoms with van der Waals surface area (Å²) in [6, 6.07) is 19.3. The quantitative estimate of drug-likeness (QED) is 0.674. The van der Waals surface area contributed by atoms with E-state index < -0.39 is 0 Å². The molecule has 2 rings (SSSR count). The van der Waals surface area contributed by atoms with Crippen LogP contribution in [0.25, 0.3) is 0 Å². The van der Waals surface area contributed by atoms with E-state index in [1.54, 1.807) is 14.1 Å². The van der Waals surface area contributed by atoms with Crippen molar-refractivity contribution >= 4 is 11.7 Å². The Morgan fingerprint density at radius 1 is 0.900 bits per heavy atom. The Balaban J connectivity index is 2.35. The highest BCUT2D eigenvalue weighted by atomic mass is 16.2. The van der Waals surface area contributed by atoms with Gasteiger partial charge in [0.15, 0.2) is 0 Å². The average Bonchev–Trinajstić information content (AvgIpc) is 2.49. The van der Waals surface area contributed by atoms with E-state index in [1.165, 1.54) is 4.90 Å². The summed E-state index contributed by atoms with van der Waals surface area (Å²) in [6.45, 7) is 0. The third-order valence-corrected chi connectivity index (χ3v) is 2.76. The summed E-state index contributed by atoms with van der Waals surface area (Å²) in [6.07, 6.45) is 0. The SMILES string of the molecule is CN(C)C(=O)NN=C(c1ccccc1)c1ccccc1. The molecule has 2 aromatic rings. The number of carbonyl (C=O) groups excluding carboxylic acids is 1. The van der Waals surface area contributed by atoms with Gasteiger partial charge in [0.2, 0.25) is 0 Å². The molecule has 2 amide bonds. The largest absolute Gasteiger partial charge is 0.337 e. The molecule has 0 saturated heterocycles. The minimum absolute atomic E-state index is 0.255. The van der Waals surface area contributed by atoms with E-state index >= 15 is 0 Å². The van der Waals surface area contributed by atoms with Gasteiger partial charge in [-0.25, -0.2) is 10.2 Å². The Bertz CT molecular complexity index is 550. The second kappa shape index (κ2) is 6.52. The topological polar surface area (TPSA) is 44.7 Å². The van der Waals surface area contributed by atoms with Crippen molar-refractivity contribution < 1.29 is 4.79 Å². The monoisotopic (exact) mass is 267 g/mol. The summed E-state index contributed by atoms with van der Waals surface area (Å²) in [5, 5.41) is 4.26. The maximum absolute atomic E-state index is 11.6. The van der Waals surface area contributed by atoms with Gasteiger partial charge in [0.1, 0.15) is 0 Å². The van der Waals surface area contributed by atoms with Crippen molar-refractivity contribution in [1.29, 1.82) is 0 Å². The van der Waals surface area contributed by atoms with Crippen LogP contribution < -0.4 is 5.43 Å². The first-order valence-corrected chi connectivity index (χ1v) is 6.34. The van der Waals surface area contributed by atoms with Crippen LogP contribution in [0.4, 0.5) is 4.79 Å². The normalized spacial score (nSPS) is 9.70. The molecule has 1 N–H and O–H groups in total. The summed E-state index contributed by atoms with van der Waals surface area (Å²) < 4.78 is 0. The number of hydrogen-bond donors (Lipinski definition) is 1. The number of nitrogens with zero attached hydrogens (tertiary/aromatic N) is 2. The summed E-state index contributed by atoms with van der Waals surface area (Å²) in [5.41, 5.74) is 5.20. The van der Waals surface area contributed by atoms with Crippen LogP contribution in [0.5, 0.6) is 0 Å². The fourth-order valence-electron chi connectivity index (χ4n) is 1.69. The fraction of sp³-hybridized carbons (Fsp3) is 0.125. The Hall–Kier alpha value is -2.62. The molecule has 4 heteroatoms. The number of carbonyl (C=O) groups is 1. The second-order valence-corrected chi connectivity index (χ2v) is 4.50. The van der Waals surface area contributed by atoms with Crippen molar-refractivity contribution in [3.05, 3.63) is 71.8 Å². The molecule has 0 atom stereocenters. The van der Waals surface area contributed by atoms with Gasteiger partial charge in [-0.05, 0) is 0 Å². The highest BCUT2D eigenvalue weighted by Gasteiger charge is 2.08. The summed E-state index contributed by atoms with van der Waals surface area (Å²) in [7, 11) is 3.35. The summed E-state index contributed by atoms with van der Waals surface area (Å²) in [5.74, 6) is 0. The van der Waals surface area contributed by atoms with Crippen LogP contribution >= 0.6 is 0 Å². The Labute approximate surface area is 118 Å². The predicted octanol–water partition coefficient (Wildman–Crippen LogP) is 2.71. The average molecular weight is 267 g/mol. The van der Waals surface area contributed by atoms with Crippen molar-refractivity contribution in [1.82, 2.24) is 10.3 Å². The minimum Gasteiger partial charge on any atom is -0.329 e. The molecular weight excluding hydrogens is 250 g/mol. The van der Waals surface area contributed by atoms with E-state index in [1.807, 2.05) is 60.7 Å². The van der Waals surface area contributed by atoms with E-state index in [0.29, 0.717) is 0 Å². The van der Waals surface area contributed by atoms with Gasteiger partial charge in [-0.2, -0.15) is 5.10 Å². The minimum atomic E-state index is -0.255. The highest BCUT2D eigenvalue weighted by molar-refractivity contribution is 6.13. The van der Waals surface area contributed by atoms with Gasteiger partial charge in [0, 0.05) is 25.2 Å². The first-order chi connectivity index (χ1) is 9.68. The predicted molar refractivity (Wildman–Crippen MR) is 80.7 cm³/mol. The molecule has 0 aliphatic rings. The van der Waals surface area contributed by atoms with Crippen molar-refractivity contribution in [2.75, 3.05) is 14.1 Å². The first kappa shape index (κ1) is 13.8. The lowest BCUT2D eigenvalue weighted by atomic mass is 10.0. The van der Waals surface area contributed by atoms with E-state index in [4.69, 9.17) is 0 Å². The molecule has 0 bridgehead atoms. The van der Waals surface area contributed by atoms with Gasteiger partial charge in [-0.1, -0.05) is 60.7 Å². The molecule has 0 spiro atoms. The lowest BCUT2D eigenvalue weighted by Crippen LogP contribution is -2.32. The highest BCUT2D eigenvalue weighted by Crippen LogP contribution is 2.10. The molecule has 0 radical (unpaired) electrons. The number of hydrazone groups is 1. The zero-order valence-corrected chi connectivity index (χ0v) is 11.6. The molecular formula is C16H17N3O. The summed E-state index contributed by atoms with van der Waals surface area (Å²) in [4.78, 5) is 13.1. The third-order valence-electron chi connectivity index (χ3n) is 2.76. The third kappa shape index (κ3) is 3.45. The molecule has 4 nitrogen and oxygen atoms in total. The number of urea groups is 1. The Morgan fingerprint density at radius 2 is 1.35 bits per heavy atom. The summed E-state index contributed by atoms with van der Waals surface area (Å²) >= 11 is 0. The maximum Gasteiger partial charge on any atom is 0.337 e. The van der Waals surface area contributed by atoms with Gasteiger partial charge in [0.05, 0.1) is 5.71 Å². The molecule has 0 aromatic heterocycles. The Kier molecular flexibility index (Phi) is 4.50. The number of nitrogens with one attached hydrogen (secondary N) is 1. The van der Waals surface area contributed by atoms with Gasteiger partial charge in [-0.3, -0.25) is 0 Å². The van der Waals surface area contributed by atoms with Gasteiger partial charge < -0.3 is 4.90 Å². The first-order valence-electron chi connectivity index (χ1n) is 6.34. The molecule has 0 saturated carbocycles. The van der Waals surface area contributed by atoms with Crippen molar-refractivity contribution in [2.24, 2.45) is 5.10 Å². The fourth-order valence-corrected chi connectivity index (χ4v) is 1.69. The van der Waals surface area contributed by atoms with E-state index in [2.05, 4.69) is 10.5 Å². The molecule has 0 fully saturated rings. The molecule has 0 unspecified atom stereocenters. The standard InChI is InChI=1S/C16H17N3O/c1-19(2)16(20)18-17-15(13-9-5-3-6-10-13)14-11-7-4-8-12-14/h3-12H,1-2H3,(H,18,20). The van der Waals surface area contributed by atoms with Crippen molar-refractivity contribution in [3.63, 3.8) is 0 Å². The van der Waals surface area contributed by atoms with Crippen molar-refractivity contribution in [3.8, 4) is 0 Å². The maximum atomic E-state index is 11.6. The van der Waals surface area contributed by atoms with Crippen LogP contribution in [0.1, 0.15) is 11.1 Å². The number of amides is 2. The van der Waals surface area contributed by atoms with Gasteiger partial charge >= 0.3 is 6.03 Å². The van der Waals surface area contributed by atoms with Gasteiger partial charge in [-0.15, -0.1) is 0 Å². The molecule has 2 aromatic carbocycles. The smallest absolute Gasteiger partial charge is 0.329 e. The molecule has 102 valence electrons. The van der Waals surface area contributed by atoms with Crippen LogP contribution in [0.15, 0.2) is 65.8 Å². The lowest BCUT2D eigenvalue weighted by Gasteiger charge is -2.11. The number of hydrogen-bond acceptors (Lipinski definition) is 2. The van der Waals surface area contributed by atoms with Gasteiger partial charge in [0.25, 0.3) is 0 Å². The number of benzene rings is 2. The van der Waals surface area contributed by atoms with E-state index in [9.17, 15) is 4.79 Å². The van der Waals surface area contributed by atoms with E-state index in [0.717, 1.165) is 16.8 Å². The zero-order valence-electron chi connectivity index (χ0n) is 11.6. The zero-order chi connectivity index (χ0) is 14.4. The molecule has 0 heterocycles. The second-order valence-electron chi connectivity index (χ2n) is 4.50. The number of rotatable bonds is 3. The van der Waals surface area contributed by atoms with Crippen LogP contribution in [0.2, 0.25) is 0 Å². The van der Waals surface area contributed by atoms with Crippen LogP contribution in [-0.4, -0.2) is 30.7 Å².